The van der Waals surface area contributed by atoms with E-state index in [1.807, 2.05) is 43.5 Å². The fraction of sp³-hybridized carbons (Fsp3) is 0.250. The summed E-state index contributed by atoms with van der Waals surface area (Å²) >= 11 is 2.67. The molecule has 5 nitrogen and oxygen atoms in total. The number of amides is 1. The summed E-state index contributed by atoms with van der Waals surface area (Å²) in [6, 6.07) is 7.59. The van der Waals surface area contributed by atoms with Gasteiger partial charge in [0.15, 0.2) is 0 Å². The minimum absolute atomic E-state index is 0.0417. The number of aromatic nitrogens is 1. The van der Waals surface area contributed by atoms with Crippen molar-refractivity contribution in [2.24, 2.45) is 0 Å². The highest BCUT2D eigenvalue weighted by atomic mass is 32.1. The molecule has 0 fully saturated rings. The monoisotopic (exact) mass is 348 g/mol. The molecular weight excluding hydrogens is 332 g/mol. The second-order valence-corrected chi connectivity index (χ2v) is 6.99. The van der Waals surface area contributed by atoms with Gasteiger partial charge in [-0.2, -0.15) is 0 Å². The molecule has 1 N–H and O–H groups in total. The Morgan fingerprint density at radius 1 is 1.30 bits per heavy atom. The molecule has 0 atom stereocenters. The van der Waals surface area contributed by atoms with Gasteiger partial charge in [-0.25, -0.2) is 4.79 Å². The van der Waals surface area contributed by atoms with Crippen molar-refractivity contribution >= 4 is 44.0 Å². The normalized spacial score (nSPS) is 10.9. The molecule has 0 saturated heterocycles. The Morgan fingerprint density at radius 3 is 2.83 bits per heavy atom. The minimum atomic E-state index is -0.498. The molecule has 120 valence electrons. The van der Waals surface area contributed by atoms with Gasteiger partial charge in [-0.3, -0.25) is 14.7 Å². The van der Waals surface area contributed by atoms with Crippen molar-refractivity contribution in [1.29, 1.82) is 0 Å². The van der Waals surface area contributed by atoms with E-state index in [9.17, 15) is 9.59 Å². The number of thiazole rings is 1. The number of nitrogens with zero attached hydrogens (tertiary/aromatic N) is 1. The van der Waals surface area contributed by atoms with Crippen molar-refractivity contribution in [2.45, 2.75) is 20.4 Å². The molecule has 2 aromatic heterocycles. The molecule has 1 aromatic carbocycles. The number of thiophene rings is 1. The number of fused-ring (bicyclic) bond motifs is 1. The lowest BCUT2D eigenvalue weighted by Gasteiger charge is -2.07. The maximum absolute atomic E-state index is 12.0. The van der Waals surface area contributed by atoms with Crippen molar-refractivity contribution < 1.29 is 9.53 Å². The summed E-state index contributed by atoms with van der Waals surface area (Å²) in [7, 11) is 0. The summed E-state index contributed by atoms with van der Waals surface area (Å²) in [5, 5.41) is 5.52. The SMILES string of the molecule is Cc1csc(NC(=O)OCCn2c(=O)sc3ccccc32)c1C. The summed E-state index contributed by atoms with van der Waals surface area (Å²) in [4.78, 5) is 23.8. The van der Waals surface area contributed by atoms with Gasteiger partial charge in [0, 0.05) is 0 Å². The molecular formula is C16H16N2O3S2. The van der Waals surface area contributed by atoms with E-state index in [-0.39, 0.29) is 11.5 Å². The zero-order chi connectivity index (χ0) is 16.4. The second kappa shape index (κ2) is 6.55. The van der Waals surface area contributed by atoms with Crippen LogP contribution in [-0.4, -0.2) is 17.3 Å². The number of rotatable bonds is 4. The van der Waals surface area contributed by atoms with Crippen LogP contribution in [0.3, 0.4) is 0 Å². The summed E-state index contributed by atoms with van der Waals surface area (Å²) in [6.45, 7) is 4.45. The van der Waals surface area contributed by atoms with Gasteiger partial charge in [0.1, 0.15) is 11.6 Å². The van der Waals surface area contributed by atoms with Gasteiger partial charge < -0.3 is 4.74 Å². The fourth-order valence-electron chi connectivity index (χ4n) is 2.21. The quantitative estimate of drug-likeness (QED) is 0.775. The second-order valence-electron chi connectivity index (χ2n) is 5.12. The molecule has 0 saturated carbocycles. The number of anilines is 1. The van der Waals surface area contributed by atoms with E-state index in [1.165, 1.54) is 22.7 Å². The van der Waals surface area contributed by atoms with Crippen molar-refractivity contribution in [3.05, 3.63) is 50.4 Å². The highest BCUT2D eigenvalue weighted by Crippen LogP contribution is 2.26. The Bertz CT molecular complexity index is 908. The van der Waals surface area contributed by atoms with Gasteiger partial charge >= 0.3 is 11.0 Å². The molecule has 0 bridgehead atoms. The Labute approximate surface area is 141 Å². The van der Waals surface area contributed by atoms with Crippen molar-refractivity contribution in [3.8, 4) is 0 Å². The predicted molar refractivity (Wildman–Crippen MR) is 94.8 cm³/mol. The van der Waals surface area contributed by atoms with Crippen LogP contribution in [0.25, 0.3) is 10.2 Å². The number of benzene rings is 1. The van der Waals surface area contributed by atoms with Gasteiger partial charge in [0.2, 0.25) is 0 Å². The lowest BCUT2D eigenvalue weighted by molar-refractivity contribution is 0.157. The first-order valence-corrected chi connectivity index (χ1v) is 8.82. The maximum atomic E-state index is 12.0. The predicted octanol–water partition coefficient (Wildman–Crippen LogP) is 3.99. The summed E-state index contributed by atoms with van der Waals surface area (Å²) in [5.41, 5.74) is 3.06. The van der Waals surface area contributed by atoms with Crippen LogP contribution in [0.1, 0.15) is 11.1 Å². The number of ether oxygens (including phenoxy) is 1. The third kappa shape index (κ3) is 3.30. The third-order valence-corrected chi connectivity index (χ3v) is 5.70. The molecule has 23 heavy (non-hydrogen) atoms. The molecule has 3 rings (SSSR count). The summed E-state index contributed by atoms with van der Waals surface area (Å²) in [6.07, 6.45) is -0.498. The first-order valence-electron chi connectivity index (χ1n) is 7.13. The minimum Gasteiger partial charge on any atom is -0.447 e. The van der Waals surface area contributed by atoms with Gasteiger partial charge in [0.05, 0.1) is 16.8 Å². The summed E-state index contributed by atoms with van der Waals surface area (Å²) in [5.74, 6) is 0. The third-order valence-electron chi connectivity index (χ3n) is 3.62. The van der Waals surface area contributed by atoms with Gasteiger partial charge in [-0.15, -0.1) is 11.3 Å². The smallest absolute Gasteiger partial charge is 0.412 e. The molecule has 2 heterocycles. The standard InChI is InChI=1S/C16H16N2O3S2/c1-10-9-22-14(11(10)2)17-15(19)21-8-7-18-12-5-3-4-6-13(12)23-16(18)20/h3-6,9H,7-8H2,1-2H3,(H,17,19). The van der Waals surface area contributed by atoms with Crippen LogP contribution in [0.5, 0.6) is 0 Å². The largest absolute Gasteiger partial charge is 0.447 e. The molecule has 0 aliphatic rings. The van der Waals surface area contributed by atoms with E-state index in [0.717, 1.165) is 26.3 Å². The van der Waals surface area contributed by atoms with E-state index in [2.05, 4.69) is 5.32 Å². The van der Waals surface area contributed by atoms with E-state index in [4.69, 9.17) is 4.74 Å². The number of aryl methyl sites for hydroxylation is 1. The average molecular weight is 348 g/mol. The van der Waals surface area contributed by atoms with Crippen molar-refractivity contribution in [2.75, 3.05) is 11.9 Å². The molecule has 0 spiro atoms. The molecule has 0 unspecified atom stereocenters. The van der Waals surface area contributed by atoms with Crippen LogP contribution in [0, 0.1) is 13.8 Å². The first kappa shape index (κ1) is 15.8. The summed E-state index contributed by atoms with van der Waals surface area (Å²) < 4.78 is 7.76. The first-order chi connectivity index (χ1) is 11.1. The van der Waals surface area contributed by atoms with Crippen LogP contribution < -0.4 is 10.2 Å². The molecule has 3 aromatic rings. The highest BCUT2D eigenvalue weighted by molar-refractivity contribution is 7.16. The number of carbonyl (C=O) groups is 1. The number of nitrogens with one attached hydrogen (secondary N) is 1. The van der Waals surface area contributed by atoms with Crippen molar-refractivity contribution in [3.63, 3.8) is 0 Å². The molecule has 0 radical (unpaired) electrons. The van der Waals surface area contributed by atoms with Crippen LogP contribution in [-0.2, 0) is 11.3 Å². The number of hydrogen-bond donors (Lipinski definition) is 1. The van der Waals surface area contributed by atoms with E-state index >= 15 is 0 Å². The highest BCUT2D eigenvalue weighted by Gasteiger charge is 2.10. The Balaban J connectivity index is 1.60. The van der Waals surface area contributed by atoms with E-state index < -0.39 is 6.09 Å². The zero-order valence-electron chi connectivity index (χ0n) is 12.8. The topological polar surface area (TPSA) is 60.3 Å². The van der Waals surface area contributed by atoms with Gasteiger partial charge in [-0.1, -0.05) is 23.5 Å². The number of hydrogen-bond acceptors (Lipinski definition) is 5. The van der Waals surface area contributed by atoms with Crippen LogP contribution >= 0.6 is 22.7 Å². The Morgan fingerprint density at radius 2 is 2.09 bits per heavy atom. The molecule has 0 aliphatic heterocycles. The average Bonchev–Trinajstić information content (AvgIpc) is 3.01. The van der Waals surface area contributed by atoms with Gasteiger partial charge in [0.25, 0.3) is 0 Å². The lowest BCUT2D eigenvalue weighted by Crippen LogP contribution is -2.20. The van der Waals surface area contributed by atoms with Crippen LogP contribution in [0.2, 0.25) is 0 Å². The fourth-order valence-corrected chi connectivity index (χ4v) is 4.08. The lowest BCUT2D eigenvalue weighted by atomic mass is 10.2. The molecule has 0 aliphatic carbocycles. The van der Waals surface area contributed by atoms with Gasteiger partial charge in [-0.05, 0) is 42.5 Å². The number of para-hydroxylation sites is 1. The number of carbonyl (C=O) groups excluding carboxylic acids is 1. The maximum Gasteiger partial charge on any atom is 0.412 e. The zero-order valence-corrected chi connectivity index (χ0v) is 14.4. The van der Waals surface area contributed by atoms with Crippen LogP contribution in [0.4, 0.5) is 9.80 Å². The molecule has 7 heteroatoms. The van der Waals surface area contributed by atoms with E-state index in [1.54, 1.807) is 4.57 Å². The Kier molecular flexibility index (Phi) is 4.49. The molecule has 1 amide bonds. The van der Waals surface area contributed by atoms with Crippen molar-refractivity contribution in [1.82, 2.24) is 4.57 Å². The van der Waals surface area contributed by atoms with Crippen LogP contribution in [0.15, 0.2) is 34.4 Å². The Hall–Kier alpha value is -2.12. The van der Waals surface area contributed by atoms with E-state index in [0.29, 0.717) is 6.54 Å².